The van der Waals surface area contributed by atoms with Crippen LogP contribution in [0.5, 0.6) is 0 Å². The summed E-state index contributed by atoms with van der Waals surface area (Å²) in [6.45, 7) is -0.0612. The fraction of sp³-hybridized carbons (Fsp3) is 0.0526. The van der Waals surface area contributed by atoms with Crippen LogP contribution in [-0.4, -0.2) is 11.0 Å². The Hall–Kier alpha value is -2.99. The third-order valence-electron chi connectivity index (χ3n) is 3.64. The van der Waals surface area contributed by atoms with Gasteiger partial charge in [-0.2, -0.15) is 0 Å². The highest BCUT2D eigenvalue weighted by Gasteiger charge is 2.14. The Morgan fingerprint density at radius 2 is 1.96 bits per heavy atom. The van der Waals surface area contributed by atoms with Crippen LogP contribution < -0.4 is 0 Å². The number of carbonyl (C=O) groups excluding carboxylic acids is 1. The zero-order valence-electron chi connectivity index (χ0n) is 12.9. The van der Waals surface area contributed by atoms with E-state index in [9.17, 15) is 9.18 Å². The predicted molar refractivity (Wildman–Crippen MR) is 92.8 cm³/mol. The minimum absolute atomic E-state index is 0.0612. The lowest BCUT2D eigenvalue weighted by atomic mass is 10.2. The van der Waals surface area contributed by atoms with Crippen molar-refractivity contribution in [3.63, 3.8) is 0 Å². The van der Waals surface area contributed by atoms with Gasteiger partial charge in [-0.1, -0.05) is 18.2 Å². The summed E-state index contributed by atoms with van der Waals surface area (Å²) in [6, 6.07) is 15.5. The lowest BCUT2D eigenvalue weighted by Gasteiger charge is -1.99. The first-order valence-corrected chi connectivity index (χ1v) is 8.37. The van der Waals surface area contributed by atoms with Crippen LogP contribution in [0.1, 0.15) is 15.6 Å². The quantitative estimate of drug-likeness (QED) is 0.482. The lowest BCUT2D eigenvalue weighted by molar-refractivity contribution is 0.0445. The number of esters is 1. The summed E-state index contributed by atoms with van der Waals surface area (Å²) in [4.78, 5) is 16.8. The molecule has 0 aliphatic rings. The second-order valence-corrected chi connectivity index (χ2v) is 6.43. The molecule has 2 heterocycles. The number of thiophene rings is 1. The van der Waals surface area contributed by atoms with Crippen LogP contribution in [0.2, 0.25) is 0 Å². The molecule has 25 heavy (non-hydrogen) atoms. The van der Waals surface area contributed by atoms with E-state index in [1.807, 2.05) is 30.3 Å². The van der Waals surface area contributed by atoms with Gasteiger partial charge in [0.1, 0.15) is 10.7 Å². The van der Waals surface area contributed by atoms with Gasteiger partial charge in [0.25, 0.3) is 0 Å². The topological polar surface area (TPSA) is 52.3 Å². The normalized spacial score (nSPS) is 10.9. The minimum Gasteiger partial charge on any atom is -0.451 e. The Kier molecular flexibility index (Phi) is 4.03. The third kappa shape index (κ3) is 3.29. The second kappa shape index (κ2) is 6.49. The van der Waals surface area contributed by atoms with E-state index in [1.54, 1.807) is 12.1 Å². The number of hydrogen-bond donors (Lipinski definition) is 0. The molecule has 0 aliphatic heterocycles. The number of hydrogen-bond acceptors (Lipinski definition) is 5. The maximum absolute atomic E-state index is 13.0. The third-order valence-corrected chi connectivity index (χ3v) is 4.73. The van der Waals surface area contributed by atoms with Crippen molar-refractivity contribution in [3.8, 4) is 11.3 Å². The van der Waals surface area contributed by atoms with Gasteiger partial charge in [-0.15, -0.1) is 11.3 Å². The summed E-state index contributed by atoms with van der Waals surface area (Å²) in [7, 11) is 0. The molecule has 0 unspecified atom stereocenters. The molecule has 0 N–H and O–H groups in total. The number of benzene rings is 2. The van der Waals surface area contributed by atoms with Crippen LogP contribution in [0.15, 0.2) is 65.2 Å². The van der Waals surface area contributed by atoms with E-state index in [1.165, 1.54) is 29.7 Å². The van der Waals surface area contributed by atoms with E-state index in [0.717, 1.165) is 10.1 Å². The maximum Gasteiger partial charge on any atom is 0.348 e. The summed E-state index contributed by atoms with van der Waals surface area (Å²) >= 11 is 1.38. The van der Waals surface area contributed by atoms with E-state index in [4.69, 9.17) is 9.15 Å². The van der Waals surface area contributed by atoms with Crippen molar-refractivity contribution >= 4 is 27.4 Å². The average Bonchev–Trinajstić information content (AvgIpc) is 3.27. The van der Waals surface area contributed by atoms with Crippen molar-refractivity contribution in [2.45, 2.75) is 6.61 Å². The molecule has 0 radical (unpaired) electrons. The van der Waals surface area contributed by atoms with E-state index in [0.29, 0.717) is 16.2 Å². The van der Waals surface area contributed by atoms with Crippen molar-refractivity contribution in [1.82, 2.24) is 4.98 Å². The molecule has 124 valence electrons. The summed E-state index contributed by atoms with van der Waals surface area (Å²) in [5, 5.41) is 1.01. The van der Waals surface area contributed by atoms with E-state index < -0.39 is 5.97 Å². The molecular weight excluding hydrogens is 341 g/mol. The van der Waals surface area contributed by atoms with Gasteiger partial charge < -0.3 is 9.15 Å². The summed E-state index contributed by atoms with van der Waals surface area (Å²) in [6.07, 6.45) is 1.52. The zero-order chi connectivity index (χ0) is 17.2. The lowest BCUT2D eigenvalue weighted by Crippen LogP contribution is -2.03. The Bertz CT molecular complexity index is 1000. The molecular formula is C19H12FNO3S. The number of ether oxygens (including phenoxy) is 1. The number of halogens is 1. The molecule has 6 heteroatoms. The highest BCUT2D eigenvalue weighted by molar-refractivity contribution is 7.20. The van der Waals surface area contributed by atoms with Gasteiger partial charge in [0.05, 0.1) is 6.20 Å². The molecule has 0 aliphatic carbocycles. The Morgan fingerprint density at radius 3 is 2.76 bits per heavy atom. The highest BCUT2D eigenvalue weighted by Crippen LogP contribution is 2.26. The smallest absolute Gasteiger partial charge is 0.348 e. The van der Waals surface area contributed by atoms with Crippen LogP contribution in [-0.2, 0) is 11.3 Å². The van der Waals surface area contributed by atoms with E-state index >= 15 is 0 Å². The van der Waals surface area contributed by atoms with Gasteiger partial charge in [-0.25, -0.2) is 14.2 Å². The molecule has 4 aromatic rings. The number of fused-ring (bicyclic) bond motifs is 1. The van der Waals surface area contributed by atoms with Crippen molar-refractivity contribution in [2.24, 2.45) is 0 Å². The van der Waals surface area contributed by atoms with Crippen molar-refractivity contribution in [3.05, 3.63) is 77.4 Å². The number of rotatable bonds is 4. The largest absolute Gasteiger partial charge is 0.451 e. The maximum atomic E-state index is 13.0. The molecule has 0 saturated heterocycles. The van der Waals surface area contributed by atoms with E-state index in [2.05, 4.69) is 4.98 Å². The number of oxazole rings is 1. The van der Waals surface area contributed by atoms with Crippen molar-refractivity contribution < 1.29 is 18.3 Å². The van der Waals surface area contributed by atoms with Crippen LogP contribution in [0.3, 0.4) is 0 Å². The van der Waals surface area contributed by atoms with Crippen LogP contribution >= 0.6 is 11.3 Å². The van der Waals surface area contributed by atoms with Crippen LogP contribution in [0.4, 0.5) is 4.39 Å². The summed E-state index contributed by atoms with van der Waals surface area (Å²) in [5.74, 6) is 0.0465. The number of aromatic nitrogens is 1. The first-order chi connectivity index (χ1) is 12.2. The molecule has 2 aromatic carbocycles. The molecule has 0 amide bonds. The van der Waals surface area contributed by atoms with Crippen molar-refractivity contribution in [1.29, 1.82) is 0 Å². The second-order valence-electron chi connectivity index (χ2n) is 5.35. The highest BCUT2D eigenvalue weighted by atomic mass is 32.1. The standard InChI is InChI=1S/C19H12FNO3S/c20-14-7-5-12(6-8-14)15-10-21-18(24-15)11-23-19(22)17-9-13-3-1-2-4-16(13)25-17/h1-10H,11H2. The van der Waals surface area contributed by atoms with Gasteiger partial charge in [-0.05, 0) is 41.8 Å². The van der Waals surface area contributed by atoms with Crippen molar-refractivity contribution in [2.75, 3.05) is 0 Å². The van der Waals surface area contributed by atoms with Gasteiger partial charge in [0, 0.05) is 10.3 Å². The first kappa shape index (κ1) is 15.5. The molecule has 4 rings (SSSR count). The SMILES string of the molecule is O=C(OCc1ncc(-c2ccc(F)cc2)o1)c1cc2ccccc2s1. The molecule has 0 saturated carbocycles. The minimum atomic E-state index is -0.414. The molecule has 0 bridgehead atoms. The van der Waals surface area contributed by atoms with Gasteiger partial charge >= 0.3 is 5.97 Å². The molecule has 0 fully saturated rings. The average molecular weight is 353 g/mol. The predicted octanol–water partition coefficient (Wildman–Crippen LogP) is 5.05. The fourth-order valence-corrected chi connectivity index (χ4v) is 3.36. The molecule has 2 aromatic heterocycles. The number of nitrogens with zero attached hydrogens (tertiary/aromatic N) is 1. The van der Waals surface area contributed by atoms with Gasteiger partial charge in [0.2, 0.25) is 5.89 Å². The Morgan fingerprint density at radius 1 is 1.16 bits per heavy atom. The Balaban J connectivity index is 1.44. The Labute approximate surface area is 146 Å². The van der Waals surface area contributed by atoms with Gasteiger partial charge in [0.15, 0.2) is 12.4 Å². The van der Waals surface area contributed by atoms with E-state index in [-0.39, 0.29) is 18.3 Å². The van der Waals surface area contributed by atoms with Gasteiger partial charge in [-0.3, -0.25) is 0 Å². The summed E-state index contributed by atoms with van der Waals surface area (Å²) < 4.78 is 24.8. The zero-order valence-corrected chi connectivity index (χ0v) is 13.8. The monoisotopic (exact) mass is 353 g/mol. The molecule has 0 spiro atoms. The van der Waals surface area contributed by atoms with Crippen LogP contribution in [0, 0.1) is 5.82 Å². The first-order valence-electron chi connectivity index (χ1n) is 7.55. The van der Waals surface area contributed by atoms with Crippen LogP contribution in [0.25, 0.3) is 21.4 Å². The molecule has 4 nitrogen and oxygen atoms in total. The number of carbonyl (C=O) groups is 1. The summed E-state index contributed by atoms with van der Waals surface area (Å²) in [5.41, 5.74) is 0.705. The fourth-order valence-electron chi connectivity index (χ4n) is 2.41. The molecule has 0 atom stereocenters.